The number of pyridine rings is 1. The molecule has 1 N–H and O–H groups in total. The molecule has 1 saturated heterocycles. The van der Waals surface area contributed by atoms with E-state index in [0.29, 0.717) is 5.41 Å². The maximum Gasteiger partial charge on any atom is 0.118 e. The number of nitrogens with one attached hydrogen (secondary N) is 1. The Balaban J connectivity index is 0.00000243. The second-order valence-corrected chi connectivity index (χ2v) is 7.37. The summed E-state index contributed by atoms with van der Waals surface area (Å²) in [7, 11) is 1.71. The topological polar surface area (TPSA) is 37.4 Å². The average molecular weight is 376 g/mol. The largest absolute Gasteiger partial charge is 0.497 e. The van der Waals surface area contributed by atoms with Gasteiger partial charge in [0.1, 0.15) is 5.75 Å². The number of hydrogen-bond donors (Lipinski definition) is 1. The molecule has 5 heteroatoms. The van der Waals surface area contributed by atoms with Crippen molar-refractivity contribution in [1.29, 1.82) is 0 Å². The van der Waals surface area contributed by atoms with Crippen molar-refractivity contribution in [2.45, 2.75) is 26.3 Å². The molecule has 0 spiro atoms. The van der Waals surface area contributed by atoms with E-state index in [1.54, 1.807) is 7.11 Å². The molecule has 142 valence electrons. The number of aromatic nitrogens is 1. The number of rotatable bonds is 8. The van der Waals surface area contributed by atoms with Crippen molar-refractivity contribution in [2.24, 2.45) is 5.41 Å². The molecule has 3 rings (SSSR count). The minimum Gasteiger partial charge on any atom is -0.497 e. The van der Waals surface area contributed by atoms with Crippen LogP contribution in [0.25, 0.3) is 0 Å². The average Bonchev–Trinajstić information content (AvgIpc) is 3.07. The third kappa shape index (κ3) is 5.97. The second-order valence-electron chi connectivity index (χ2n) is 7.37. The van der Waals surface area contributed by atoms with E-state index in [1.807, 2.05) is 24.4 Å². The molecule has 4 nitrogen and oxygen atoms in total. The third-order valence-corrected chi connectivity index (χ3v) is 5.04. The zero-order chi connectivity index (χ0) is 17.5. The van der Waals surface area contributed by atoms with Gasteiger partial charge < -0.3 is 10.1 Å². The highest BCUT2D eigenvalue weighted by atomic mass is 35.5. The van der Waals surface area contributed by atoms with Gasteiger partial charge in [0.25, 0.3) is 0 Å². The molecule has 2 heterocycles. The van der Waals surface area contributed by atoms with Crippen molar-refractivity contribution in [2.75, 3.05) is 33.3 Å². The Morgan fingerprint density at radius 1 is 1.19 bits per heavy atom. The van der Waals surface area contributed by atoms with E-state index in [-0.39, 0.29) is 12.4 Å². The highest BCUT2D eigenvalue weighted by molar-refractivity contribution is 5.85. The molecule has 2 aromatic rings. The number of ether oxygens (including phenoxy) is 1. The van der Waals surface area contributed by atoms with Crippen LogP contribution in [-0.2, 0) is 13.0 Å². The lowest BCUT2D eigenvalue weighted by Gasteiger charge is -2.32. The molecular formula is C21H30ClN3O. The predicted octanol–water partition coefficient (Wildman–Crippen LogP) is 3.56. The maximum atomic E-state index is 5.27. The smallest absolute Gasteiger partial charge is 0.118 e. The fraction of sp³-hybridized carbons (Fsp3) is 0.476. The molecule has 26 heavy (non-hydrogen) atoms. The number of halogens is 1. The van der Waals surface area contributed by atoms with Gasteiger partial charge in [0.15, 0.2) is 0 Å². The summed E-state index contributed by atoms with van der Waals surface area (Å²) >= 11 is 0. The molecule has 0 amide bonds. The van der Waals surface area contributed by atoms with Crippen LogP contribution in [0, 0.1) is 5.41 Å². The first-order valence-electron chi connectivity index (χ1n) is 9.13. The summed E-state index contributed by atoms with van der Waals surface area (Å²) < 4.78 is 5.27. The molecule has 1 atom stereocenters. The Bertz CT molecular complexity index is 642. The highest BCUT2D eigenvalue weighted by Gasteiger charge is 2.30. The maximum absolute atomic E-state index is 5.27. The van der Waals surface area contributed by atoms with Crippen molar-refractivity contribution < 1.29 is 4.74 Å². The summed E-state index contributed by atoms with van der Waals surface area (Å²) in [5.74, 6) is 0.913. The van der Waals surface area contributed by atoms with E-state index in [4.69, 9.17) is 4.74 Å². The van der Waals surface area contributed by atoms with Gasteiger partial charge in [0.05, 0.1) is 7.11 Å². The molecular weight excluding hydrogens is 346 g/mol. The summed E-state index contributed by atoms with van der Waals surface area (Å²) in [6.07, 6.45) is 4.11. The molecule has 1 fully saturated rings. The van der Waals surface area contributed by atoms with Gasteiger partial charge in [-0.25, -0.2) is 0 Å². The van der Waals surface area contributed by atoms with Crippen LogP contribution in [-0.4, -0.2) is 43.2 Å². The standard InChI is InChI=1S/C21H29N3O.ClH/c1-21(11-13-22-16-21)17-24(14-10-19-5-3-4-12-23-19)15-18-6-8-20(25-2)9-7-18;/h3-9,12,22H,10-11,13-17H2,1-2H3;1H. The number of nitrogens with zero attached hydrogens (tertiary/aromatic N) is 2. The zero-order valence-electron chi connectivity index (χ0n) is 15.8. The fourth-order valence-corrected chi connectivity index (χ4v) is 3.57. The zero-order valence-corrected chi connectivity index (χ0v) is 16.6. The summed E-state index contributed by atoms with van der Waals surface area (Å²) in [5.41, 5.74) is 2.85. The molecule has 1 aromatic carbocycles. The summed E-state index contributed by atoms with van der Waals surface area (Å²) in [6, 6.07) is 14.6. The van der Waals surface area contributed by atoms with E-state index >= 15 is 0 Å². The first kappa shape index (κ1) is 20.7. The monoisotopic (exact) mass is 375 g/mol. The van der Waals surface area contributed by atoms with E-state index < -0.39 is 0 Å². The molecule has 1 unspecified atom stereocenters. The Kier molecular flexibility index (Phi) is 7.88. The lowest BCUT2D eigenvalue weighted by atomic mass is 9.89. The van der Waals surface area contributed by atoms with Crippen LogP contribution in [0.15, 0.2) is 48.7 Å². The van der Waals surface area contributed by atoms with E-state index in [1.165, 1.54) is 12.0 Å². The minimum absolute atomic E-state index is 0. The molecule has 1 aliphatic rings. The molecule has 0 radical (unpaired) electrons. The summed E-state index contributed by atoms with van der Waals surface area (Å²) in [5, 5.41) is 3.52. The van der Waals surface area contributed by atoms with Gasteiger partial charge in [-0.1, -0.05) is 25.1 Å². The lowest BCUT2D eigenvalue weighted by molar-refractivity contribution is 0.172. The number of methoxy groups -OCH3 is 1. The molecule has 1 aromatic heterocycles. The Hall–Kier alpha value is -1.62. The van der Waals surface area contributed by atoms with Crippen molar-refractivity contribution >= 4 is 12.4 Å². The fourth-order valence-electron chi connectivity index (χ4n) is 3.57. The van der Waals surface area contributed by atoms with Gasteiger partial charge in [-0.05, 0) is 48.2 Å². The minimum atomic E-state index is 0. The highest BCUT2D eigenvalue weighted by Crippen LogP contribution is 2.26. The van der Waals surface area contributed by atoms with Crippen LogP contribution in [0.1, 0.15) is 24.6 Å². The van der Waals surface area contributed by atoms with Crippen LogP contribution in [0.4, 0.5) is 0 Å². The lowest BCUT2D eigenvalue weighted by Crippen LogP contribution is -2.38. The van der Waals surface area contributed by atoms with Gasteiger partial charge in [-0.2, -0.15) is 0 Å². The normalized spacial score (nSPS) is 19.3. The number of hydrogen-bond acceptors (Lipinski definition) is 4. The Morgan fingerprint density at radius 3 is 2.62 bits per heavy atom. The molecule has 0 aliphatic carbocycles. The number of benzene rings is 1. The van der Waals surface area contributed by atoms with Crippen LogP contribution < -0.4 is 10.1 Å². The first-order chi connectivity index (χ1) is 12.2. The predicted molar refractivity (Wildman–Crippen MR) is 109 cm³/mol. The van der Waals surface area contributed by atoms with Gasteiger partial charge in [-0.15, -0.1) is 12.4 Å². The van der Waals surface area contributed by atoms with Crippen LogP contribution >= 0.6 is 12.4 Å². The van der Waals surface area contributed by atoms with Crippen molar-refractivity contribution in [3.05, 3.63) is 59.9 Å². The van der Waals surface area contributed by atoms with Crippen LogP contribution in [0.2, 0.25) is 0 Å². The van der Waals surface area contributed by atoms with Crippen LogP contribution in [0.5, 0.6) is 5.75 Å². The third-order valence-electron chi connectivity index (χ3n) is 5.04. The van der Waals surface area contributed by atoms with Gasteiger partial charge >= 0.3 is 0 Å². The SMILES string of the molecule is COc1ccc(CN(CCc2ccccn2)CC2(C)CCNC2)cc1.Cl. The van der Waals surface area contributed by atoms with Crippen molar-refractivity contribution in [3.63, 3.8) is 0 Å². The van der Waals surface area contributed by atoms with Gasteiger partial charge in [-0.3, -0.25) is 9.88 Å². The van der Waals surface area contributed by atoms with Crippen LogP contribution in [0.3, 0.4) is 0 Å². The van der Waals surface area contributed by atoms with Crippen molar-refractivity contribution in [3.8, 4) is 5.75 Å². The Morgan fingerprint density at radius 2 is 2.00 bits per heavy atom. The summed E-state index contributed by atoms with van der Waals surface area (Å²) in [4.78, 5) is 7.05. The van der Waals surface area contributed by atoms with Gasteiger partial charge in [0.2, 0.25) is 0 Å². The Labute approximate surface area is 163 Å². The molecule has 1 aliphatic heterocycles. The van der Waals surface area contributed by atoms with Crippen molar-refractivity contribution in [1.82, 2.24) is 15.2 Å². The van der Waals surface area contributed by atoms with E-state index in [9.17, 15) is 0 Å². The van der Waals surface area contributed by atoms with E-state index in [0.717, 1.165) is 50.6 Å². The summed E-state index contributed by atoms with van der Waals surface area (Å²) in [6.45, 7) is 7.74. The second kappa shape index (κ2) is 9.91. The quantitative estimate of drug-likeness (QED) is 0.765. The van der Waals surface area contributed by atoms with Gasteiger partial charge in [0, 0.05) is 44.5 Å². The van der Waals surface area contributed by atoms with E-state index in [2.05, 4.69) is 46.4 Å². The molecule has 0 bridgehead atoms. The first-order valence-corrected chi connectivity index (χ1v) is 9.13. The molecule has 0 saturated carbocycles.